The molecule has 1 aliphatic heterocycles. The smallest absolute Gasteiger partial charge is 0.310 e. The van der Waals surface area contributed by atoms with Crippen molar-refractivity contribution in [1.29, 1.82) is 0 Å². The first-order valence-corrected chi connectivity index (χ1v) is 7.98. The number of hydrogen-bond acceptors (Lipinski definition) is 4. The van der Waals surface area contributed by atoms with Crippen molar-refractivity contribution in [2.45, 2.75) is 47.0 Å². The van der Waals surface area contributed by atoms with Crippen LogP contribution in [0.3, 0.4) is 0 Å². The van der Waals surface area contributed by atoms with E-state index in [9.17, 15) is 14.4 Å². The van der Waals surface area contributed by atoms with Crippen molar-refractivity contribution >= 4 is 17.8 Å². The Kier molecular flexibility index (Phi) is 6.84. The average Bonchev–Trinajstić information content (AvgIpc) is 2.46. The van der Waals surface area contributed by atoms with E-state index in [0.717, 1.165) is 12.8 Å². The molecule has 2 amide bonds. The number of amides is 2. The van der Waals surface area contributed by atoms with Crippen molar-refractivity contribution < 1.29 is 19.1 Å². The van der Waals surface area contributed by atoms with Crippen LogP contribution in [0, 0.1) is 11.3 Å². The van der Waals surface area contributed by atoms with Crippen LogP contribution in [-0.4, -0.2) is 48.9 Å². The summed E-state index contributed by atoms with van der Waals surface area (Å²) < 4.78 is 5.03. The summed E-state index contributed by atoms with van der Waals surface area (Å²) in [4.78, 5) is 37.4. The average molecular weight is 312 g/mol. The van der Waals surface area contributed by atoms with E-state index in [1.54, 1.807) is 11.8 Å². The monoisotopic (exact) mass is 312 g/mol. The number of esters is 1. The van der Waals surface area contributed by atoms with Crippen LogP contribution in [0.5, 0.6) is 0 Å². The molecule has 1 rings (SSSR count). The zero-order valence-corrected chi connectivity index (χ0v) is 14.1. The molecule has 1 N–H and O–H groups in total. The molecule has 126 valence electrons. The summed E-state index contributed by atoms with van der Waals surface area (Å²) in [5.74, 6) is -0.533. The van der Waals surface area contributed by atoms with Gasteiger partial charge in [0.25, 0.3) is 0 Å². The van der Waals surface area contributed by atoms with E-state index >= 15 is 0 Å². The highest BCUT2D eigenvalue weighted by Crippen LogP contribution is 2.18. The molecule has 1 fully saturated rings. The Balaban J connectivity index is 2.39. The number of nitrogens with zero attached hydrogens (tertiary/aromatic N) is 1. The predicted molar refractivity (Wildman–Crippen MR) is 83.0 cm³/mol. The van der Waals surface area contributed by atoms with Crippen LogP contribution in [0.4, 0.5) is 0 Å². The van der Waals surface area contributed by atoms with E-state index in [1.165, 1.54) is 0 Å². The highest BCUT2D eigenvalue weighted by Gasteiger charge is 2.29. The number of piperidine rings is 1. The third kappa shape index (κ3) is 5.66. The first-order chi connectivity index (χ1) is 10.3. The number of rotatable bonds is 5. The second-order valence-corrected chi connectivity index (χ2v) is 6.69. The Bertz CT molecular complexity index is 415. The van der Waals surface area contributed by atoms with Gasteiger partial charge in [-0.05, 0) is 19.8 Å². The lowest BCUT2D eigenvalue weighted by Crippen LogP contribution is -2.44. The zero-order valence-electron chi connectivity index (χ0n) is 14.1. The first-order valence-electron chi connectivity index (χ1n) is 7.98. The first kappa shape index (κ1) is 18.5. The van der Waals surface area contributed by atoms with Gasteiger partial charge in [-0.25, -0.2) is 0 Å². The Hall–Kier alpha value is -1.59. The molecule has 0 radical (unpaired) electrons. The van der Waals surface area contributed by atoms with Crippen LogP contribution in [-0.2, 0) is 19.1 Å². The predicted octanol–water partition coefficient (Wildman–Crippen LogP) is 1.34. The number of likely N-dealkylation sites (tertiary alicyclic amines) is 1. The Morgan fingerprint density at radius 1 is 1.27 bits per heavy atom. The highest BCUT2D eigenvalue weighted by molar-refractivity contribution is 5.82. The van der Waals surface area contributed by atoms with E-state index in [1.807, 2.05) is 20.8 Å². The molecule has 1 aliphatic rings. The minimum Gasteiger partial charge on any atom is -0.466 e. The summed E-state index contributed by atoms with van der Waals surface area (Å²) in [6.45, 7) is 9.06. The van der Waals surface area contributed by atoms with Crippen LogP contribution in [0.1, 0.15) is 47.0 Å². The zero-order chi connectivity index (χ0) is 16.8. The third-order valence-electron chi connectivity index (χ3n) is 3.70. The molecule has 0 aromatic rings. The molecule has 0 aromatic heterocycles. The summed E-state index contributed by atoms with van der Waals surface area (Å²) in [5.41, 5.74) is -0.455. The summed E-state index contributed by atoms with van der Waals surface area (Å²) >= 11 is 0. The SMILES string of the molecule is CCOC(=O)C1CCCN(C(=O)CCNC(=O)C(C)(C)C)C1. The number of ether oxygens (including phenoxy) is 1. The van der Waals surface area contributed by atoms with E-state index in [2.05, 4.69) is 5.32 Å². The molecule has 0 saturated carbocycles. The van der Waals surface area contributed by atoms with Crippen molar-refractivity contribution in [1.82, 2.24) is 10.2 Å². The van der Waals surface area contributed by atoms with Gasteiger partial charge in [-0.1, -0.05) is 20.8 Å². The standard InChI is InChI=1S/C16H28N2O4/c1-5-22-14(20)12-7-6-10-18(11-12)13(19)8-9-17-15(21)16(2,3)4/h12H,5-11H2,1-4H3,(H,17,21). The fourth-order valence-electron chi connectivity index (χ4n) is 2.36. The molecule has 0 aromatic carbocycles. The van der Waals surface area contributed by atoms with Gasteiger partial charge in [-0.3, -0.25) is 14.4 Å². The maximum absolute atomic E-state index is 12.2. The van der Waals surface area contributed by atoms with Gasteiger partial charge in [0.15, 0.2) is 0 Å². The number of carbonyl (C=O) groups excluding carboxylic acids is 3. The molecular weight excluding hydrogens is 284 g/mol. The van der Waals surface area contributed by atoms with E-state index in [0.29, 0.717) is 26.2 Å². The van der Waals surface area contributed by atoms with E-state index in [4.69, 9.17) is 4.74 Å². The molecule has 0 aliphatic carbocycles. The van der Waals surface area contributed by atoms with Gasteiger partial charge >= 0.3 is 5.97 Å². The van der Waals surface area contributed by atoms with Crippen molar-refractivity contribution in [3.05, 3.63) is 0 Å². The molecule has 0 spiro atoms. The maximum atomic E-state index is 12.2. The molecule has 1 unspecified atom stereocenters. The van der Waals surface area contributed by atoms with Crippen LogP contribution in [0.15, 0.2) is 0 Å². The van der Waals surface area contributed by atoms with Crippen molar-refractivity contribution in [3.63, 3.8) is 0 Å². The van der Waals surface area contributed by atoms with Gasteiger partial charge in [-0.15, -0.1) is 0 Å². The Labute approximate surface area is 132 Å². The summed E-state index contributed by atoms with van der Waals surface area (Å²) in [5, 5.41) is 2.77. The Morgan fingerprint density at radius 2 is 1.95 bits per heavy atom. The summed E-state index contributed by atoms with van der Waals surface area (Å²) in [6.07, 6.45) is 1.84. The number of hydrogen-bond donors (Lipinski definition) is 1. The van der Waals surface area contributed by atoms with Gasteiger partial charge in [-0.2, -0.15) is 0 Å². The second-order valence-electron chi connectivity index (χ2n) is 6.69. The van der Waals surface area contributed by atoms with Gasteiger partial charge < -0.3 is 15.0 Å². The molecule has 0 bridgehead atoms. The second kappa shape index (κ2) is 8.15. The molecule has 1 saturated heterocycles. The van der Waals surface area contributed by atoms with Gasteiger partial charge in [0, 0.05) is 31.5 Å². The van der Waals surface area contributed by atoms with Crippen LogP contribution in [0.25, 0.3) is 0 Å². The Morgan fingerprint density at radius 3 is 2.55 bits per heavy atom. The molecular formula is C16H28N2O4. The van der Waals surface area contributed by atoms with Crippen LogP contribution >= 0.6 is 0 Å². The van der Waals surface area contributed by atoms with Crippen LogP contribution in [0.2, 0.25) is 0 Å². The van der Waals surface area contributed by atoms with Gasteiger partial charge in [0.2, 0.25) is 11.8 Å². The van der Waals surface area contributed by atoms with Crippen molar-refractivity contribution in [3.8, 4) is 0 Å². The van der Waals surface area contributed by atoms with Crippen molar-refractivity contribution in [2.75, 3.05) is 26.2 Å². The fourth-order valence-corrected chi connectivity index (χ4v) is 2.36. The minimum atomic E-state index is -0.455. The summed E-state index contributed by atoms with van der Waals surface area (Å²) in [6, 6.07) is 0. The molecule has 1 heterocycles. The van der Waals surface area contributed by atoms with Crippen molar-refractivity contribution in [2.24, 2.45) is 11.3 Å². The topological polar surface area (TPSA) is 75.7 Å². The summed E-state index contributed by atoms with van der Waals surface area (Å²) in [7, 11) is 0. The van der Waals surface area contributed by atoms with E-state index < -0.39 is 5.41 Å². The molecule has 6 heteroatoms. The third-order valence-corrected chi connectivity index (χ3v) is 3.70. The fraction of sp³-hybridized carbons (Fsp3) is 0.812. The lowest BCUT2D eigenvalue weighted by molar-refractivity contribution is -0.151. The lowest BCUT2D eigenvalue weighted by Gasteiger charge is -2.31. The minimum absolute atomic E-state index is 0.0248. The molecule has 6 nitrogen and oxygen atoms in total. The highest BCUT2D eigenvalue weighted by atomic mass is 16.5. The number of carbonyl (C=O) groups is 3. The van der Waals surface area contributed by atoms with Gasteiger partial charge in [0.1, 0.15) is 0 Å². The number of nitrogens with one attached hydrogen (secondary N) is 1. The lowest BCUT2D eigenvalue weighted by atomic mass is 9.95. The van der Waals surface area contributed by atoms with Crippen LogP contribution < -0.4 is 5.32 Å². The normalized spacial score (nSPS) is 18.7. The quantitative estimate of drug-likeness (QED) is 0.777. The maximum Gasteiger partial charge on any atom is 0.310 e. The molecule has 22 heavy (non-hydrogen) atoms. The van der Waals surface area contributed by atoms with Gasteiger partial charge in [0.05, 0.1) is 12.5 Å². The van der Waals surface area contributed by atoms with E-state index in [-0.39, 0.29) is 30.1 Å². The largest absolute Gasteiger partial charge is 0.466 e. The molecule has 1 atom stereocenters.